The first-order valence-electron chi connectivity index (χ1n) is 4.92. The van der Waals surface area contributed by atoms with Gasteiger partial charge in [0.25, 0.3) is 0 Å². The Morgan fingerprint density at radius 3 is 2.71 bits per heavy atom. The molecule has 4 N–H and O–H groups in total. The Morgan fingerprint density at radius 1 is 1.47 bits per heavy atom. The number of methoxy groups -OCH3 is 1. The lowest BCUT2D eigenvalue weighted by molar-refractivity contribution is 0.374. The second-order valence-electron chi connectivity index (χ2n) is 3.62. The molecule has 0 bridgehead atoms. The Labute approximate surface area is 107 Å². The molecule has 1 aromatic heterocycles. The molecule has 6 heteroatoms. The van der Waals surface area contributed by atoms with Crippen LogP contribution in [0.15, 0.2) is 16.6 Å². The first-order valence-corrected chi connectivity index (χ1v) is 5.71. The number of ether oxygens (including phenoxy) is 1. The Hall–Kier alpha value is -1.69. The molecule has 0 radical (unpaired) electrons. The lowest BCUT2D eigenvalue weighted by atomic mass is 10.0. The molecule has 0 atom stereocenters. The van der Waals surface area contributed by atoms with Gasteiger partial charge >= 0.3 is 0 Å². The molecule has 0 aliphatic carbocycles. The normalized spacial score (nSPS) is 10.5. The number of halogens is 1. The number of aromatic amines is 1. The van der Waals surface area contributed by atoms with E-state index >= 15 is 0 Å². The fourth-order valence-corrected chi connectivity index (χ4v) is 2.07. The van der Waals surface area contributed by atoms with Crippen LogP contribution in [0.1, 0.15) is 5.56 Å². The maximum atomic E-state index is 10.1. The highest BCUT2D eigenvalue weighted by atomic mass is 79.9. The van der Waals surface area contributed by atoms with Crippen molar-refractivity contribution in [3.05, 3.63) is 22.2 Å². The zero-order valence-electron chi connectivity index (χ0n) is 9.41. The van der Waals surface area contributed by atoms with Gasteiger partial charge in [0.2, 0.25) is 0 Å². The minimum absolute atomic E-state index is 0.0665. The molecule has 1 aromatic carbocycles. The number of nitrogens with one attached hydrogen (secondary N) is 1. The number of phenols is 1. The van der Waals surface area contributed by atoms with E-state index in [1.807, 2.05) is 6.92 Å². The van der Waals surface area contributed by atoms with Crippen molar-refractivity contribution in [2.24, 2.45) is 0 Å². The van der Waals surface area contributed by atoms with Crippen molar-refractivity contribution in [2.45, 2.75) is 6.92 Å². The van der Waals surface area contributed by atoms with Gasteiger partial charge in [-0.05, 0) is 18.6 Å². The zero-order chi connectivity index (χ0) is 12.6. The van der Waals surface area contributed by atoms with Crippen molar-refractivity contribution in [1.82, 2.24) is 10.2 Å². The van der Waals surface area contributed by atoms with Gasteiger partial charge in [-0.15, -0.1) is 0 Å². The van der Waals surface area contributed by atoms with Crippen molar-refractivity contribution in [1.29, 1.82) is 0 Å². The molecular weight excluding hydrogens is 286 g/mol. The van der Waals surface area contributed by atoms with E-state index in [0.29, 0.717) is 22.8 Å². The lowest BCUT2D eigenvalue weighted by Crippen LogP contribution is -1.91. The van der Waals surface area contributed by atoms with Crippen molar-refractivity contribution in [3.8, 4) is 22.8 Å². The number of rotatable bonds is 2. The van der Waals surface area contributed by atoms with Gasteiger partial charge < -0.3 is 15.6 Å². The van der Waals surface area contributed by atoms with E-state index in [1.165, 1.54) is 7.11 Å². The predicted octanol–water partition coefficient (Wildman–Crippen LogP) is 2.44. The second-order valence-corrected chi connectivity index (χ2v) is 4.47. The zero-order valence-corrected chi connectivity index (χ0v) is 11.0. The minimum atomic E-state index is 0.0665. The van der Waals surface area contributed by atoms with E-state index in [4.69, 9.17) is 10.5 Å². The molecule has 2 aromatic rings. The van der Waals surface area contributed by atoms with Gasteiger partial charge in [0, 0.05) is 16.1 Å². The number of hydrogen-bond donors (Lipinski definition) is 3. The van der Waals surface area contributed by atoms with Crippen LogP contribution >= 0.6 is 15.9 Å². The number of aromatic nitrogens is 2. The van der Waals surface area contributed by atoms with Crippen molar-refractivity contribution in [3.63, 3.8) is 0 Å². The minimum Gasteiger partial charge on any atom is -0.504 e. The third-order valence-electron chi connectivity index (χ3n) is 2.55. The summed E-state index contributed by atoms with van der Waals surface area (Å²) in [7, 11) is 1.50. The highest BCUT2D eigenvalue weighted by Gasteiger charge is 2.17. The van der Waals surface area contributed by atoms with Gasteiger partial charge in [-0.3, -0.25) is 5.10 Å². The topological polar surface area (TPSA) is 84.2 Å². The Balaban J connectivity index is 2.71. The molecular formula is C11H12BrN3O2. The molecule has 90 valence electrons. The number of nitrogen functional groups attached to an aromatic ring is 1. The summed E-state index contributed by atoms with van der Waals surface area (Å²) >= 11 is 3.42. The largest absolute Gasteiger partial charge is 0.504 e. The molecule has 1 heterocycles. The van der Waals surface area contributed by atoms with Crippen LogP contribution in [0.4, 0.5) is 5.82 Å². The van der Waals surface area contributed by atoms with Gasteiger partial charge in [0.1, 0.15) is 5.82 Å². The highest BCUT2D eigenvalue weighted by Crippen LogP contribution is 2.42. The summed E-state index contributed by atoms with van der Waals surface area (Å²) in [5.41, 5.74) is 7.71. The molecule has 0 saturated carbocycles. The molecule has 0 fully saturated rings. The van der Waals surface area contributed by atoms with E-state index in [9.17, 15) is 5.11 Å². The number of benzene rings is 1. The van der Waals surface area contributed by atoms with Crippen LogP contribution < -0.4 is 10.5 Å². The van der Waals surface area contributed by atoms with Gasteiger partial charge in [0.05, 0.1) is 12.8 Å². The maximum absolute atomic E-state index is 10.1. The lowest BCUT2D eigenvalue weighted by Gasteiger charge is -2.12. The first-order chi connectivity index (χ1) is 8.04. The summed E-state index contributed by atoms with van der Waals surface area (Å²) in [6.07, 6.45) is 0. The fraction of sp³-hybridized carbons (Fsp3) is 0.182. The maximum Gasteiger partial charge on any atom is 0.167 e. The van der Waals surface area contributed by atoms with E-state index in [1.54, 1.807) is 12.1 Å². The average Bonchev–Trinajstić information content (AvgIpc) is 2.70. The summed E-state index contributed by atoms with van der Waals surface area (Å²) in [6.45, 7) is 1.88. The van der Waals surface area contributed by atoms with Gasteiger partial charge in [-0.1, -0.05) is 15.9 Å². The summed E-state index contributed by atoms with van der Waals surface area (Å²) in [5, 5.41) is 16.7. The molecule has 5 nitrogen and oxygen atoms in total. The van der Waals surface area contributed by atoms with Crippen LogP contribution in [0.5, 0.6) is 11.5 Å². The monoisotopic (exact) mass is 297 g/mol. The van der Waals surface area contributed by atoms with Gasteiger partial charge in [0.15, 0.2) is 11.5 Å². The van der Waals surface area contributed by atoms with E-state index in [2.05, 4.69) is 26.1 Å². The first kappa shape index (κ1) is 11.8. The van der Waals surface area contributed by atoms with Crippen LogP contribution in [0.3, 0.4) is 0 Å². The van der Waals surface area contributed by atoms with Crippen LogP contribution in [0.2, 0.25) is 0 Å². The molecule has 17 heavy (non-hydrogen) atoms. The van der Waals surface area contributed by atoms with Crippen molar-refractivity contribution < 1.29 is 9.84 Å². The number of phenolic OH excluding ortho intramolecular Hbond substituents is 1. The van der Waals surface area contributed by atoms with Gasteiger partial charge in [-0.25, -0.2) is 0 Å². The number of H-pyrrole nitrogens is 1. The van der Waals surface area contributed by atoms with Crippen molar-refractivity contribution >= 4 is 21.7 Å². The van der Waals surface area contributed by atoms with E-state index in [-0.39, 0.29) is 5.75 Å². The van der Waals surface area contributed by atoms with E-state index < -0.39 is 0 Å². The SMILES string of the molecule is COc1cc(Br)c(C)c(-c2cc(N)n[nH]2)c1O. The molecule has 0 spiro atoms. The highest BCUT2D eigenvalue weighted by molar-refractivity contribution is 9.10. The van der Waals surface area contributed by atoms with Gasteiger partial charge in [-0.2, -0.15) is 5.10 Å². The summed E-state index contributed by atoms with van der Waals surface area (Å²) in [6, 6.07) is 3.38. The quantitative estimate of drug-likeness (QED) is 0.795. The smallest absolute Gasteiger partial charge is 0.167 e. The standard InChI is InChI=1S/C11H12BrN3O2/c1-5-6(12)3-8(17-2)11(16)10(5)7-4-9(13)15-14-7/h3-4,16H,1-2H3,(H3,13,14,15). The molecule has 0 aliphatic rings. The number of nitrogens with two attached hydrogens (primary N) is 1. The van der Waals surface area contributed by atoms with Crippen LogP contribution in [0, 0.1) is 6.92 Å². The Morgan fingerprint density at radius 2 is 2.18 bits per heavy atom. The number of hydrogen-bond acceptors (Lipinski definition) is 4. The fourth-order valence-electron chi connectivity index (χ4n) is 1.66. The Bertz CT molecular complexity index is 566. The third kappa shape index (κ3) is 1.95. The number of anilines is 1. The second kappa shape index (κ2) is 4.29. The van der Waals surface area contributed by atoms with Crippen LogP contribution in [0.25, 0.3) is 11.3 Å². The molecule has 0 unspecified atom stereocenters. The molecule has 0 amide bonds. The van der Waals surface area contributed by atoms with Crippen molar-refractivity contribution in [2.75, 3.05) is 12.8 Å². The number of aromatic hydroxyl groups is 1. The van der Waals surface area contributed by atoms with E-state index in [0.717, 1.165) is 10.0 Å². The molecule has 2 rings (SSSR count). The third-order valence-corrected chi connectivity index (χ3v) is 3.37. The number of nitrogens with zero attached hydrogens (tertiary/aromatic N) is 1. The van der Waals surface area contributed by atoms with Crippen LogP contribution in [-0.2, 0) is 0 Å². The molecule has 0 saturated heterocycles. The average molecular weight is 298 g/mol. The summed E-state index contributed by atoms with van der Waals surface area (Å²) in [5.74, 6) is 0.834. The summed E-state index contributed by atoms with van der Waals surface area (Å²) in [4.78, 5) is 0. The van der Waals surface area contributed by atoms with Crippen LogP contribution in [-0.4, -0.2) is 22.4 Å². The molecule has 0 aliphatic heterocycles. The Kier molecular flexibility index (Phi) is 2.97. The summed E-state index contributed by atoms with van der Waals surface area (Å²) < 4.78 is 5.95. The predicted molar refractivity (Wildman–Crippen MR) is 69.1 cm³/mol.